The number of methoxy groups -OCH3 is 1. The number of nitrogens with zero attached hydrogens (tertiary/aromatic N) is 2. The van der Waals surface area contributed by atoms with E-state index in [4.69, 9.17) is 4.74 Å². The van der Waals surface area contributed by atoms with Crippen LogP contribution in [-0.2, 0) is 0 Å². The molecule has 20 heavy (non-hydrogen) atoms. The standard InChI is InChI=1S/C16H17N3O/c1-17-15-7-3-13(4-8-15)11-18-19-12-14-5-9-16(20-2)10-6-14/h3-12,17H,1-2H3/b18-11+,19-12+. The quantitative estimate of drug-likeness (QED) is 0.668. The Morgan fingerprint density at radius 1 is 0.850 bits per heavy atom. The number of nitrogens with one attached hydrogen (secondary N) is 1. The maximum atomic E-state index is 5.09. The molecule has 0 fully saturated rings. The van der Waals surface area contributed by atoms with Crippen molar-refractivity contribution in [3.8, 4) is 5.75 Å². The molecule has 0 bridgehead atoms. The summed E-state index contributed by atoms with van der Waals surface area (Å²) in [4.78, 5) is 0. The average Bonchev–Trinajstić information content (AvgIpc) is 2.53. The molecule has 0 amide bonds. The molecule has 0 aliphatic heterocycles. The number of ether oxygens (including phenoxy) is 1. The van der Waals surface area contributed by atoms with Crippen LogP contribution in [0.15, 0.2) is 58.7 Å². The van der Waals surface area contributed by atoms with Gasteiger partial charge in [-0.2, -0.15) is 10.2 Å². The van der Waals surface area contributed by atoms with Crippen molar-refractivity contribution in [3.63, 3.8) is 0 Å². The minimum Gasteiger partial charge on any atom is -0.497 e. The molecule has 1 N–H and O–H groups in total. The van der Waals surface area contributed by atoms with Crippen molar-refractivity contribution in [2.24, 2.45) is 10.2 Å². The van der Waals surface area contributed by atoms with Crippen molar-refractivity contribution in [2.45, 2.75) is 0 Å². The molecule has 0 atom stereocenters. The molecule has 2 aromatic rings. The lowest BCUT2D eigenvalue weighted by Crippen LogP contribution is -1.88. The van der Waals surface area contributed by atoms with Crippen LogP contribution in [0.5, 0.6) is 5.75 Å². The van der Waals surface area contributed by atoms with Crippen molar-refractivity contribution in [1.29, 1.82) is 0 Å². The summed E-state index contributed by atoms with van der Waals surface area (Å²) in [6, 6.07) is 15.6. The minimum atomic E-state index is 0.829. The maximum absolute atomic E-state index is 5.09. The molecule has 102 valence electrons. The molecule has 0 saturated carbocycles. The largest absolute Gasteiger partial charge is 0.497 e. The molecular formula is C16H17N3O. The summed E-state index contributed by atoms with van der Waals surface area (Å²) in [5, 5.41) is 11.1. The zero-order valence-corrected chi connectivity index (χ0v) is 11.6. The fourth-order valence-corrected chi connectivity index (χ4v) is 1.63. The van der Waals surface area contributed by atoms with Crippen LogP contribution in [0, 0.1) is 0 Å². The fourth-order valence-electron chi connectivity index (χ4n) is 1.63. The van der Waals surface area contributed by atoms with Crippen molar-refractivity contribution >= 4 is 18.1 Å². The topological polar surface area (TPSA) is 46.0 Å². The van der Waals surface area contributed by atoms with Crippen molar-refractivity contribution in [1.82, 2.24) is 0 Å². The van der Waals surface area contributed by atoms with Gasteiger partial charge >= 0.3 is 0 Å². The first-order valence-electron chi connectivity index (χ1n) is 6.30. The predicted octanol–water partition coefficient (Wildman–Crippen LogP) is 3.19. The van der Waals surface area contributed by atoms with Gasteiger partial charge in [0.25, 0.3) is 0 Å². The molecule has 0 heterocycles. The Morgan fingerprint density at radius 3 is 1.80 bits per heavy atom. The highest BCUT2D eigenvalue weighted by Crippen LogP contribution is 2.10. The molecular weight excluding hydrogens is 250 g/mol. The lowest BCUT2D eigenvalue weighted by atomic mass is 10.2. The molecule has 0 radical (unpaired) electrons. The number of anilines is 1. The second-order valence-electron chi connectivity index (χ2n) is 4.13. The van der Waals surface area contributed by atoms with Gasteiger partial charge < -0.3 is 10.1 Å². The third kappa shape index (κ3) is 3.95. The molecule has 0 unspecified atom stereocenters. The van der Waals surface area contributed by atoms with E-state index in [1.807, 2.05) is 55.6 Å². The first-order chi connectivity index (χ1) is 9.81. The van der Waals surface area contributed by atoms with Gasteiger partial charge in [0.15, 0.2) is 0 Å². The second-order valence-corrected chi connectivity index (χ2v) is 4.13. The van der Waals surface area contributed by atoms with Crippen LogP contribution in [0.2, 0.25) is 0 Å². The maximum Gasteiger partial charge on any atom is 0.118 e. The van der Waals surface area contributed by atoms with Crippen LogP contribution < -0.4 is 10.1 Å². The Morgan fingerprint density at radius 2 is 1.35 bits per heavy atom. The van der Waals surface area contributed by atoms with Crippen molar-refractivity contribution in [3.05, 3.63) is 59.7 Å². The molecule has 4 heteroatoms. The molecule has 0 aromatic heterocycles. The number of hydrogen-bond acceptors (Lipinski definition) is 4. The Hall–Kier alpha value is -2.62. The molecule has 4 nitrogen and oxygen atoms in total. The normalized spacial score (nSPS) is 11.1. The highest BCUT2D eigenvalue weighted by Gasteiger charge is 1.90. The summed E-state index contributed by atoms with van der Waals surface area (Å²) in [7, 11) is 3.54. The molecule has 2 aromatic carbocycles. The van der Waals surface area contributed by atoms with Crippen molar-refractivity contribution in [2.75, 3.05) is 19.5 Å². The van der Waals surface area contributed by atoms with E-state index in [0.29, 0.717) is 0 Å². The van der Waals surface area contributed by atoms with Crippen LogP contribution in [0.3, 0.4) is 0 Å². The Labute approximate surface area is 118 Å². The Kier molecular flexibility index (Phi) is 4.89. The van der Waals surface area contributed by atoms with E-state index in [2.05, 4.69) is 15.5 Å². The van der Waals surface area contributed by atoms with Gasteiger partial charge in [-0.25, -0.2) is 0 Å². The number of hydrogen-bond donors (Lipinski definition) is 1. The van der Waals surface area contributed by atoms with E-state index in [-0.39, 0.29) is 0 Å². The summed E-state index contributed by atoms with van der Waals surface area (Å²) in [6.07, 6.45) is 3.43. The van der Waals surface area contributed by atoms with Gasteiger partial charge in [-0.1, -0.05) is 12.1 Å². The predicted molar refractivity (Wildman–Crippen MR) is 84.2 cm³/mol. The van der Waals surface area contributed by atoms with Gasteiger partial charge in [0.05, 0.1) is 19.5 Å². The van der Waals surface area contributed by atoms with Crippen LogP contribution >= 0.6 is 0 Å². The first-order valence-corrected chi connectivity index (χ1v) is 6.30. The zero-order chi connectivity index (χ0) is 14.2. The van der Waals surface area contributed by atoms with Gasteiger partial charge in [-0.15, -0.1) is 0 Å². The van der Waals surface area contributed by atoms with E-state index in [1.165, 1.54) is 0 Å². The highest BCUT2D eigenvalue weighted by atomic mass is 16.5. The second kappa shape index (κ2) is 7.09. The Bertz CT molecular complexity index is 531. The molecule has 0 spiro atoms. The summed E-state index contributed by atoms with van der Waals surface area (Å²) in [5.74, 6) is 0.829. The van der Waals surface area contributed by atoms with Crippen LogP contribution in [0.25, 0.3) is 0 Å². The molecule has 0 aliphatic rings. The zero-order valence-electron chi connectivity index (χ0n) is 11.6. The van der Waals surface area contributed by atoms with Crippen LogP contribution in [-0.4, -0.2) is 26.6 Å². The minimum absolute atomic E-state index is 0.829. The van der Waals surface area contributed by atoms with Gasteiger partial charge in [0.1, 0.15) is 5.75 Å². The third-order valence-electron chi connectivity index (χ3n) is 2.80. The van der Waals surface area contributed by atoms with E-state index in [1.54, 1.807) is 19.5 Å². The fraction of sp³-hybridized carbons (Fsp3) is 0.125. The van der Waals surface area contributed by atoms with Gasteiger partial charge in [-0.3, -0.25) is 0 Å². The SMILES string of the molecule is CNc1ccc(/C=N/N=C/c2ccc(OC)cc2)cc1. The van der Waals surface area contributed by atoms with Gasteiger partial charge in [-0.05, 0) is 47.5 Å². The van der Waals surface area contributed by atoms with E-state index in [9.17, 15) is 0 Å². The van der Waals surface area contributed by atoms with Gasteiger partial charge in [0.2, 0.25) is 0 Å². The van der Waals surface area contributed by atoms with E-state index < -0.39 is 0 Å². The first kappa shape index (κ1) is 13.8. The van der Waals surface area contributed by atoms with Crippen molar-refractivity contribution < 1.29 is 4.74 Å². The molecule has 0 aliphatic carbocycles. The third-order valence-corrected chi connectivity index (χ3v) is 2.80. The van der Waals surface area contributed by atoms with E-state index in [0.717, 1.165) is 22.6 Å². The van der Waals surface area contributed by atoms with Gasteiger partial charge in [0, 0.05) is 12.7 Å². The summed E-state index contributed by atoms with van der Waals surface area (Å²) in [6.45, 7) is 0. The number of benzene rings is 2. The monoisotopic (exact) mass is 267 g/mol. The van der Waals surface area contributed by atoms with Crippen LogP contribution in [0.1, 0.15) is 11.1 Å². The highest BCUT2D eigenvalue weighted by molar-refractivity contribution is 5.83. The Balaban J connectivity index is 1.95. The summed E-state index contributed by atoms with van der Waals surface area (Å²) >= 11 is 0. The lowest BCUT2D eigenvalue weighted by Gasteiger charge is -1.98. The summed E-state index contributed by atoms with van der Waals surface area (Å²) in [5.41, 5.74) is 3.06. The van der Waals surface area contributed by atoms with E-state index >= 15 is 0 Å². The lowest BCUT2D eigenvalue weighted by molar-refractivity contribution is 0.415. The smallest absolute Gasteiger partial charge is 0.118 e. The summed E-state index contributed by atoms with van der Waals surface area (Å²) < 4.78 is 5.09. The molecule has 2 rings (SSSR count). The number of rotatable bonds is 5. The molecule has 0 saturated heterocycles. The average molecular weight is 267 g/mol. The van der Waals surface area contributed by atoms with Crippen LogP contribution in [0.4, 0.5) is 5.69 Å².